The maximum absolute atomic E-state index is 12.0. The third-order valence-electron chi connectivity index (χ3n) is 3.10. The maximum atomic E-state index is 12.0. The fourth-order valence-corrected chi connectivity index (χ4v) is 2.52. The van der Waals surface area contributed by atoms with E-state index >= 15 is 0 Å². The maximum Gasteiger partial charge on any atom is 0.241 e. The number of amidine groups is 1. The van der Waals surface area contributed by atoms with Gasteiger partial charge in [-0.1, -0.05) is 48.6 Å². The van der Waals surface area contributed by atoms with Gasteiger partial charge in [0.2, 0.25) is 5.91 Å². The van der Waals surface area contributed by atoms with Crippen molar-refractivity contribution >= 4 is 23.7 Å². The average molecular weight is 373 g/mol. The van der Waals surface area contributed by atoms with Gasteiger partial charge in [-0.3, -0.25) is 9.79 Å². The summed E-state index contributed by atoms with van der Waals surface area (Å²) < 4.78 is 3.20. The number of nitrogens with one attached hydrogen (secondary N) is 2. The molecule has 1 aromatic rings. The molecule has 0 unspecified atom stereocenters. The second-order valence-corrected chi connectivity index (χ2v) is 5.81. The Labute approximate surface area is 161 Å². The number of hydrogen-bond acceptors (Lipinski definition) is 4. The van der Waals surface area contributed by atoms with Crippen LogP contribution in [0.15, 0.2) is 60.1 Å². The zero-order valence-electron chi connectivity index (χ0n) is 15.2. The van der Waals surface area contributed by atoms with Crippen molar-refractivity contribution in [3.63, 3.8) is 0 Å². The molecule has 26 heavy (non-hydrogen) atoms. The van der Waals surface area contributed by atoms with E-state index in [-0.39, 0.29) is 5.91 Å². The van der Waals surface area contributed by atoms with Crippen LogP contribution < -0.4 is 15.8 Å². The summed E-state index contributed by atoms with van der Waals surface area (Å²) in [5.41, 5.74) is 6.74. The average Bonchev–Trinajstić information content (AvgIpc) is 2.69. The van der Waals surface area contributed by atoms with Crippen LogP contribution >= 0.6 is 11.9 Å². The molecule has 0 saturated carbocycles. The largest absolute Gasteiger partial charge is 0.353 e. The van der Waals surface area contributed by atoms with Crippen LogP contribution in [0.2, 0.25) is 0 Å². The summed E-state index contributed by atoms with van der Waals surface area (Å²) in [6.07, 6.45) is 14.5. The Kier molecular flexibility index (Phi) is 14.5. The molecule has 0 radical (unpaired) electrons. The van der Waals surface area contributed by atoms with Gasteiger partial charge in [-0.2, -0.15) is 0 Å². The van der Waals surface area contributed by atoms with Crippen molar-refractivity contribution in [1.29, 1.82) is 0 Å². The topological polar surface area (TPSA) is 79.5 Å². The van der Waals surface area contributed by atoms with Gasteiger partial charge in [0.15, 0.2) is 0 Å². The van der Waals surface area contributed by atoms with E-state index in [0.29, 0.717) is 19.5 Å². The van der Waals surface area contributed by atoms with Gasteiger partial charge in [-0.05, 0) is 24.4 Å². The summed E-state index contributed by atoms with van der Waals surface area (Å²) in [4.78, 5) is 16.5. The molecule has 1 rings (SSSR count). The van der Waals surface area contributed by atoms with Gasteiger partial charge in [-0.15, -0.1) is 19.4 Å². The van der Waals surface area contributed by atoms with Crippen LogP contribution in [-0.4, -0.2) is 30.6 Å². The molecular weight excluding hydrogens is 344 g/mol. The number of amides is 1. The number of hydrogen-bond donors (Lipinski definition) is 3. The minimum absolute atomic E-state index is 0.197. The van der Waals surface area contributed by atoms with Gasteiger partial charge >= 0.3 is 0 Å². The van der Waals surface area contributed by atoms with Crippen LogP contribution in [0.1, 0.15) is 24.9 Å². The molecule has 6 heteroatoms. The molecule has 0 heterocycles. The number of nitrogens with two attached hydrogens (primary N) is 1. The van der Waals surface area contributed by atoms with Crippen LogP contribution in [0.4, 0.5) is 0 Å². The van der Waals surface area contributed by atoms with Crippen molar-refractivity contribution in [2.45, 2.75) is 19.4 Å². The fraction of sp³-hybridized carbons (Fsp3) is 0.300. The molecule has 1 amide bonds. The molecule has 0 aliphatic heterocycles. The SMILES string of the molecule is C#C.C=CCC(=NCCNC(=O)[C@H](N)c1ccccc1)NSC/C=C\C. The number of aliphatic imine (C=N–C) groups is 1. The summed E-state index contributed by atoms with van der Waals surface area (Å²) in [6.45, 7) is 6.66. The first-order valence-corrected chi connectivity index (χ1v) is 9.22. The molecule has 4 N–H and O–H groups in total. The molecule has 140 valence electrons. The van der Waals surface area contributed by atoms with Crippen molar-refractivity contribution in [2.24, 2.45) is 10.7 Å². The summed E-state index contributed by atoms with van der Waals surface area (Å²) in [7, 11) is 0. The molecule has 0 bridgehead atoms. The molecule has 5 nitrogen and oxygen atoms in total. The van der Waals surface area contributed by atoms with Gasteiger partial charge in [0, 0.05) is 18.7 Å². The highest BCUT2D eigenvalue weighted by atomic mass is 32.2. The Morgan fingerprint density at radius 1 is 1.38 bits per heavy atom. The van der Waals surface area contributed by atoms with E-state index in [1.165, 1.54) is 0 Å². The number of carbonyl (C=O) groups is 1. The Morgan fingerprint density at radius 3 is 2.69 bits per heavy atom. The van der Waals surface area contributed by atoms with E-state index in [1.54, 1.807) is 18.0 Å². The van der Waals surface area contributed by atoms with E-state index in [2.05, 4.69) is 40.5 Å². The van der Waals surface area contributed by atoms with Gasteiger partial charge in [0.1, 0.15) is 11.9 Å². The predicted octanol–water partition coefficient (Wildman–Crippen LogP) is 2.84. The molecular formula is C20H28N4OS. The lowest BCUT2D eigenvalue weighted by Gasteiger charge is -2.12. The summed E-state index contributed by atoms with van der Waals surface area (Å²) in [5, 5.41) is 2.81. The standard InChI is InChI=1S/C18H26N4OS.C2H2/c1-3-5-14-24-22-16(9-4-2)20-12-13-21-18(23)17(19)15-10-7-6-8-11-15;1-2/h3-8,10-11,17H,2,9,12-14,19H2,1H3,(H,20,22)(H,21,23);1-2H/b5-3-;/t17-;/m1./s1. The lowest BCUT2D eigenvalue weighted by atomic mass is 10.1. The Balaban J connectivity index is 0.00000301. The van der Waals surface area contributed by atoms with Crippen LogP contribution in [-0.2, 0) is 4.79 Å². The van der Waals surface area contributed by atoms with Crippen LogP contribution in [0, 0.1) is 12.8 Å². The van der Waals surface area contributed by atoms with Gasteiger partial charge in [0.05, 0.1) is 6.54 Å². The number of nitrogens with zero attached hydrogens (tertiary/aromatic N) is 1. The minimum atomic E-state index is -0.655. The van der Waals surface area contributed by atoms with Gasteiger partial charge in [0.25, 0.3) is 0 Å². The monoisotopic (exact) mass is 372 g/mol. The zero-order valence-corrected chi connectivity index (χ0v) is 16.0. The van der Waals surface area contributed by atoms with E-state index in [1.807, 2.05) is 43.3 Å². The number of terminal acetylenes is 1. The zero-order chi connectivity index (χ0) is 19.6. The lowest BCUT2D eigenvalue weighted by molar-refractivity contribution is -0.122. The molecule has 0 fully saturated rings. The molecule has 0 aromatic heterocycles. The highest BCUT2D eigenvalue weighted by molar-refractivity contribution is 7.98. The first-order chi connectivity index (χ1) is 12.7. The van der Waals surface area contributed by atoms with Crippen LogP contribution in [0.3, 0.4) is 0 Å². The van der Waals surface area contributed by atoms with Crippen molar-refractivity contribution in [3.05, 3.63) is 60.7 Å². The third kappa shape index (κ3) is 10.4. The molecule has 0 spiro atoms. The first kappa shape index (κ1) is 23.5. The van der Waals surface area contributed by atoms with Crippen molar-refractivity contribution in [1.82, 2.24) is 10.0 Å². The highest BCUT2D eigenvalue weighted by Gasteiger charge is 2.14. The smallest absolute Gasteiger partial charge is 0.241 e. The van der Waals surface area contributed by atoms with E-state index in [9.17, 15) is 4.79 Å². The van der Waals surface area contributed by atoms with E-state index in [4.69, 9.17) is 5.73 Å². The lowest BCUT2D eigenvalue weighted by Crippen LogP contribution is -2.35. The number of carbonyl (C=O) groups excluding carboxylic acids is 1. The molecule has 1 aromatic carbocycles. The van der Waals surface area contributed by atoms with Crippen LogP contribution in [0.5, 0.6) is 0 Å². The second kappa shape index (κ2) is 16.0. The molecule has 0 aliphatic carbocycles. The summed E-state index contributed by atoms with van der Waals surface area (Å²) in [5.74, 6) is 1.52. The second-order valence-electron chi connectivity index (χ2n) is 4.98. The molecule has 0 saturated heterocycles. The van der Waals surface area contributed by atoms with Crippen molar-refractivity contribution in [2.75, 3.05) is 18.8 Å². The normalized spacial score (nSPS) is 11.9. The van der Waals surface area contributed by atoms with E-state index < -0.39 is 6.04 Å². The van der Waals surface area contributed by atoms with Gasteiger partial charge < -0.3 is 15.8 Å². The molecule has 0 aliphatic rings. The Morgan fingerprint density at radius 2 is 2.08 bits per heavy atom. The highest BCUT2D eigenvalue weighted by Crippen LogP contribution is 2.08. The van der Waals surface area contributed by atoms with Gasteiger partial charge in [-0.25, -0.2) is 0 Å². The molecule has 1 atom stereocenters. The number of benzene rings is 1. The predicted molar refractivity (Wildman–Crippen MR) is 114 cm³/mol. The van der Waals surface area contributed by atoms with Crippen molar-refractivity contribution in [3.8, 4) is 12.8 Å². The Hall–Kier alpha value is -2.49. The summed E-state index contributed by atoms with van der Waals surface area (Å²) in [6, 6.07) is 8.66. The summed E-state index contributed by atoms with van der Waals surface area (Å²) >= 11 is 1.57. The van der Waals surface area contributed by atoms with E-state index in [0.717, 1.165) is 17.2 Å². The quantitative estimate of drug-likeness (QED) is 0.147. The fourth-order valence-electron chi connectivity index (χ4n) is 1.84. The third-order valence-corrected chi connectivity index (χ3v) is 3.84. The Bertz CT molecular complexity index is 596. The number of allylic oxidation sites excluding steroid dienone is 1. The van der Waals surface area contributed by atoms with Crippen molar-refractivity contribution < 1.29 is 4.79 Å². The number of rotatable bonds is 10. The minimum Gasteiger partial charge on any atom is -0.353 e. The van der Waals surface area contributed by atoms with Crippen LogP contribution in [0.25, 0.3) is 0 Å². The first-order valence-electron chi connectivity index (χ1n) is 8.23.